The number of benzene rings is 1. The zero-order chi connectivity index (χ0) is 16.9. The first kappa shape index (κ1) is 18.2. The monoisotopic (exact) mass is 325 g/mol. The summed E-state index contributed by atoms with van der Waals surface area (Å²) in [6.07, 6.45) is -11.6. The van der Waals surface area contributed by atoms with Crippen molar-refractivity contribution < 1.29 is 37.3 Å². The van der Waals surface area contributed by atoms with Gasteiger partial charge in [-0.25, -0.2) is 0 Å². The molecule has 3 N–H and O–H groups in total. The highest BCUT2D eigenvalue weighted by Crippen LogP contribution is 2.29. The minimum atomic E-state index is -4.67. The normalized spacial score (nSPS) is 14.5. The molecule has 1 aromatic rings. The van der Waals surface area contributed by atoms with Crippen LogP contribution >= 0.6 is 0 Å². The third kappa shape index (κ3) is 5.15. The Hall–Kier alpha value is -1.87. The number of nitrogens with one attached hydrogen (secondary N) is 1. The van der Waals surface area contributed by atoms with Crippen molar-refractivity contribution in [2.75, 3.05) is 6.54 Å². The lowest BCUT2D eigenvalue weighted by Gasteiger charge is -2.20. The Morgan fingerprint density at radius 1 is 1.36 bits per heavy atom. The maximum absolute atomic E-state index is 12.8. The van der Waals surface area contributed by atoms with Gasteiger partial charge in [0, 0.05) is 13.5 Å². The summed E-state index contributed by atoms with van der Waals surface area (Å²) in [7, 11) is 0. The van der Waals surface area contributed by atoms with Crippen LogP contribution in [0.4, 0.5) is 17.6 Å². The van der Waals surface area contributed by atoms with E-state index in [-0.39, 0.29) is 12.1 Å². The Morgan fingerprint density at radius 2 is 2.00 bits per heavy atom. The first-order chi connectivity index (χ1) is 10.1. The van der Waals surface area contributed by atoms with Gasteiger partial charge in [-0.05, 0) is 17.7 Å². The van der Waals surface area contributed by atoms with Gasteiger partial charge in [-0.15, -0.1) is 0 Å². The van der Waals surface area contributed by atoms with Crippen molar-refractivity contribution in [1.82, 2.24) is 5.32 Å². The van der Waals surface area contributed by atoms with Gasteiger partial charge in [-0.2, -0.15) is 17.6 Å². The van der Waals surface area contributed by atoms with E-state index in [0.29, 0.717) is 0 Å². The summed E-state index contributed by atoms with van der Waals surface area (Å²) in [4.78, 5) is 10.7. The van der Waals surface area contributed by atoms with E-state index in [1.807, 2.05) is 0 Å². The summed E-state index contributed by atoms with van der Waals surface area (Å²) < 4.78 is 53.6. The van der Waals surface area contributed by atoms with Crippen molar-refractivity contribution in [1.29, 1.82) is 0 Å². The summed E-state index contributed by atoms with van der Waals surface area (Å²) in [5, 5.41) is 21.8. The van der Waals surface area contributed by atoms with E-state index in [2.05, 4.69) is 10.1 Å². The molecule has 0 aliphatic heterocycles. The number of amides is 1. The molecule has 1 amide bonds. The SMILES string of the molecule is CC(=O)NCC(O)C(O)c1cccc(OC(F)(F)C(F)F)c1. The van der Waals surface area contributed by atoms with Gasteiger partial charge in [0.2, 0.25) is 5.91 Å². The first-order valence-corrected chi connectivity index (χ1v) is 6.19. The molecule has 0 spiro atoms. The van der Waals surface area contributed by atoms with Crippen LogP contribution in [-0.2, 0) is 4.79 Å². The minimum Gasteiger partial charge on any atom is -0.428 e. The van der Waals surface area contributed by atoms with Crippen molar-refractivity contribution in [3.63, 3.8) is 0 Å². The van der Waals surface area contributed by atoms with Gasteiger partial charge in [-0.3, -0.25) is 4.79 Å². The van der Waals surface area contributed by atoms with Crippen molar-refractivity contribution in [3.05, 3.63) is 29.8 Å². The van der Waals surface area contributed by atoms with Gasteiger partial charge in [0.05, 0.1) is 0 Å². The van der Waals surface area contributed by atoms with E-state index in [0.717, 1.165) is 12.1 Å². The van der Waals surface area contributed by atoms with E-state index in [1.54, 1.807) is 0 Å². The highest BCUT2D eigenvalue weighted by molar-refractivity contribution is 5.72. The Kier molecular flexibility index (Phi) is 6.12. The Balaban J connectivity index is 2.80. The predicted octanol–water partition coefficient (Wildman–Crippen LogP) is 1.45. The third-order valence-corrected chi connectivity index (χ3v) is 2.63. The fourth-order valence-corrected chi connectivity index (χ4v) is 1.55. The van der Waals surface area contributed by atoms with Gasteiger partial charge in [0.15, 0.2) is 0 Å². The lowest BCUT2D eigenvalue weighted by Crippen LogP contribution is -2.34. The second-order valence-corrected chi connectivity index (χ2v) is 4.49. The number of carbonyl (C=O) groups excluding carboxylic acids is 1. The summed E-state index contributed by atoms with van der Waals surface area (Å²) in [5.74, 6) is -1.02. The molecule has 1 rings (SSSR count). The van der Waals surface area contributed by atoms with Crippen LogP contribution in [0.15, 0.2) is 24.3 Å². The average molecular weight is 325 g/mol. The molecule has 22 heavy (non-hydrogen) atoms. The zero-order valence-corrected chi connectivity index (χ0v) is 11.5. The molecule has 0 aromatic heterocycles. The number of rotatable bonds is 7. The van der Waals surface area contributed by atoms with E-state index in [9.17, 15) is 32.6 Å². The lowest BCUT2D eigenvalue weighted by molar-refractivity contribution is -0.253. The standard InChI is InChI=1S/C13H15F4NO4/c1-7(19)18-6-10(20)11(21)8-3-2-4-9(5-8)22-13(16,17)12(14)15/h2-5,10-12,20-21H,6H2,1H3,(H,18,19). The number of aliphatic hydroxyl groups is 2. The van der Waals surface area contributed by atoms with Crippen molar-refractivity contribution in [2.24, 2.45) is 0 Å². The topological polar surface area (TPSA) is 78.8 Å². The summed E-state index contributed by atoms with van der Waals surface area (Å²) >= 11 is 0. The maximum atomic E-state index is 12.8. The van der Waals surface area contributed by atoms with E-state index < -0.39 is 36.4 Å². The van der Waals surface area contributed by atoms with Crippen LogP contribution in [0.1, 0.15) is 18.6 Å². The molecule has 0 radical (unpaired) electrons. The molecule has 0 saturated carbocycles. The molecule has 2 atom stereocenters. The summed E-state index contributed by atoms with van der Waals surface area (Å²) in [5.41, 5.74) is -0.0274. The van der Waals surface area contributed by atoms with Crippen LogP contribution in [0.5, 0.6) is 5.75 Å². The number of aliphatic hydroxyl groups excluding tert-OH is 2. The van der Waals surface area contributed by atoms with Crippen LogP contribution in [0.3, 0.4) is 0 Å². The third-order valence-electron chi connectivity index (χ3n) is 2.63. The molecule has 5 nitrogen and oxygen atoms in total. The molecule has 2 unspecified atom stereocenters. The average Bonchev–Trinajstić information content (AvgIpc) is 2.43. The second-order valence-electron chi connectivity index (χ2n) is 4.49. The lowest BCUT2D eigenvalue weighted by atomic mass is 10.0. The number of hydrogen-bond acceptors (Lipinski definition) is 4. The van der Waals surface area contributed by atoms with Crippen molar-refractivity contribution in [2.45, 2.75) is 31.7 Å². The molecular weight excluding hydrogens is 310 g/mol. The fraction of sp³-hybridized carbons (Fsp3) is 0.462. The van der Waals surface area contributed by atoms with Crippen molar-refractivity contribution in [3.8, 4) is 5.75 Å². The highest BCUT2D eigenvalue weighted by atomic mass is 19.3. The molecule has 0 bridgehead atoms. The predicted molar refractivity (Wildman–Crippen MR) is 67.7 cm³/mol. The molecule has 0 heterocycles. The van der Waals surface area contributed by atoms with Crippen molar-refractivity contribution >= 4 is 5.91 Å². The van der Waals surface area contributed by atoms with Gasteiger partial charge in [0.25, 0.3) is 0 Å². The number of hydrogen-bond donors (Lipinski definition) is 3. The van der Waals surface area contributed by atoms with Gasteiger partial charge >= 0.3 is 12.5 Å². The molecular formula is C13H15F4NO4. The second kappa shape index (κ2) is 7.41. The van der Waals surface area contributed by atoms with Gasteiger partial charge < -0.3 is 20.3 Å². The molecule has 9 heteroatoms. The molecule has 0 fully saturated rings. The number of ether oxygens (including phenoxy) is 1. The van der Waals surface area contributed by atoms with Crippen LogP contribution < -0.4 is 10.1 Å². The first-order valence-electron chi connectivity index (χ1n) is 6.19. The highest BCUT2D eigenvalue weighted by Gasteiger charge is 2.44. The van der Waals surface area contributed by atoms with Crippen LogP contribution in [-0.4, -0.2) is 41.3 Å². The van der Waals surface area contributed by atoms with Gasteiger partial charge in [0.1, 0.15) is 18.0 Å². The van der Waals surface area contributed by atoms with Crippen LogP contribution in [0, 0.1) is 0 Å². The molecule has 0 saturated heterocycles. The van der Waals surface area contributed by atoms with E-state index in [4.69, 9.17) is 0 Å². The number of halogens is 4. The van der Waals surface area contributed by atoms with Crippen LogP contribution in [0.25, 0.3) is 0 Å². The molecule has 1 aromatic carbocycles. The van der Waals surface area contributed by atoms with Crippen LogP contribution in [0.2, 0.25) is 0 Å². The zero-order valence-electron chi connectivity index (χ0n) is 11.5. The maximum Gasteiger partial charge on any atom is 0.461 e. The van der Waals surface area contributed by atoms with E-state index >= 15 is 0 Å². The smallest absolute Gasteiger partial charge is 0.428 e. The number of carbonyl (C=O) groups is 1. The molecule has 0 aliphatic carbocycles. The summed E-state index contributed by atoms with van der Waals surface area (Å²) in [6.45, 7) is 0.939. The Labute approximate surface area is 123 Å². The number of alkyl halides is 4. The van der Waals surface area contributed by atoms with Gasteiger partial charge in [-0.1, -0.05) is 12.1 Å². The fourth-order valence-electron chi connectivity index (χ4n) is 1.55. The minimum absolute atomic E-state index is 0.0274. The van der Waals surface area contributed by atoms with E-state index in [1.165, 1.54) is 19.1 Å². The molecule has 124 valence electrons. The largest absolute Gasteiger partial charge is 0.461 e. The Morgan fingerprint density at radius 3 is 2.55 bits per heavy atom. The quantitative estimate of drug-likeness (QED) is 0.663. The Bertz CT molecular complexity index is 513. The molecule has 0 aliphatic rings. The summed E-state index contributed by atoms with van der Waals surface area (Å²) in [6, 6.07) is 4.39.